The number of hydrogen-bond donors (Lipinski definition) is 9. The maximum Gasteiger partial charge on any atom is 0.220 e. The Morgan fingerprint density at radius 3 is 1.24 bits per heavy atom. The van der Waals surface area contributed by atoms with Crippen molar-refractivity contribution >= 4 is 5.91 Å². The van der Waals surface area contributed by atoms with Crippen LogP contribution in [-0.4, -0.2) is 140 Å². The molecular weight excluding hydrogens is 1120 g/mol. The van der Waals surface area contributed by atoms with E-state index < -0.39 is 86.8 Å². The fourth-order valence-electron chi connectivity index (χ4n) is 11.3. The predicted molar refractivity (Wildman–Crippen MR) is 364 cm³/mol. The Labute approximate surface area is 541 Å². The molecule has 514 valence electrons. The van der Waals surface area contributed by atoms with E-state index in [-0.39, 0.29) is 18.9 Å². The van der Waals surface area contributed by atoms with Gasteiger partial charge < -0.3 is 65.1 Å². The number of unbranched alkanes of at least 4 members (excludes halogenated alkanes) is 31. The first-order valence-corrected chi connectivity index (χ1v) is 36.0. The zero-order valence-corrected chi connectivity index (χ0v) is 55.9. The Morgan fingerprint density at radius 1 is 0.416 bits per heavy atom. The second-order valence-corrected chi connectivity index (χ2v) is 25.0. The van der Waals surface area contributed by atoms with E-state index in [0.717, 1.165) is 103 Å². The van der Waals surface area contributed by atoms with Crippen molar-refractivity contribution in [2.75, 3.05) is 19.8 Å². The van der Waals surface area contributed by atoms with Gasteiger partial charge in [-0.15, -0.1) is 0 Å². The number of allylic oxidation sites excluding steroid dienone is 15. The quantitative estimate of drug-likeness (QED) is 0.0204. The molecule has 0 bridgehead atoms. The Morgan fingerprint density at radius 2 is 0.787 bits per heavy atom. The number of rotatable bonds is 58. The van der Waals surface area contributed by atoms with E-state index in [2.05, 4.69) is 104 Å². The van der Waals surface area contributed by atoms with Gasteiger partial charge in [0.1, 0.15) is 48.8 Å². The maximum absolute atomic E-state index is 13.3. The van der Waals surface area contributed by atoms with Crippen LogP contribution in [0.1, 0.15) is 277 Å². The van der Waals surface area contributed by atoms with Crippen molar-refractivity contribution in [2.24, 2.45) is 0 Å². The molecule has 0 aliphatic carbocycles. The summed E-state index contributed by atoms with van der Waals surface area (Å²) in [6.07, 6.45) is 66.1. The predicted octanol–water partition coefficient (Wildman–Crippen LogP) is 15.0. The smallest absolute Gasteiger partial charge is 0.220 e. The third-order valence-corrected chi connectivity index (χ3v) is 17.0. The van der Waals surface area contributed by atoms with E-state index in [1.165, 1.54) is 141 Å². The molecule has 2 saturated heterocycles. The van der Waals surface area contributed by atoms with Gasteiger partial charge in [-0.25, -0.2) is 0 Å². The third kappa shape index (κ3) is 42.7. The lowest BCUT2D eigenvalue weighted by Gasteiger charge is -2.46. The summed E-state index contributed by atoms with van der Waals surface area (Å²) in [5, 5.41) is 87.4. The molecule has 1 amide bonds. The van der Waals surface area contributed by atoms with Crippen LogP contribution in [0.15, 0.2) is 97.2 Å². The summed E-state index contributed by atoms with van der Waals surface area (Å²) in [6, 6.07) is -0.953. The summed E-state index contributed by atoms with van der Waals surface area (Å²) in [7, 11) is 0. The summed E-state index contributed by atoms with van der Waals surface area (Å²) in [5.74, 6) is -0.266. The van der Waals surface area contributed by atoms with Crippen molar-refractivity contribution in [3.8, 4) is 0 Å². The summed E-state index contributed by atoms with van der Waals surface area (Å²) in [4.78, 5) is 13.3. The van der Waals surface area contributed by atoms with Gasteiger partial charge in [0.2, 0.25) is 5.91 Å². The minimum Gasteiger partial charge on any atom is -0.394 e. The number of amides is 1. The van der Waals surface area contributed by atoms with Gasteiger partial charge in [-0.3, -0.25) is 4.79 Å². The molecule has 0 radical (unpaired) electrons. The molecule has 14 heteroatoms. The summed E-state index contributed by atoms with van der Waals surface area (Å²) >= 11 is 0. The Balaban J connectivity index is 1.70. The highest BCUT2D eigenvalue weighted by Crippen LogP contribution is 2.30. The van der Waals surface area contributed by atoms with Crippen LogP contribution in [0.4, 0.5) is 0 Å². The average Bonchev–Trinajstić information content (AvgIpc) is 3.63. The molecule has 0 aromatic rings. The van der Waals surface area contributed by atoms with Gasteiger partial charge in [-0.05, 0) is 89.9 Å². The van der Waals surface area contributed by atoms with Crippen molar-refractivity contribution < 1.29 is 64.6 Å². The number of aliphatic hydroxyl groups excluding tert-OH is 8. The fraction of sp³-hybridized carbons (Fsp3) is 0.773. The lowest BCUT2D eigenvalue weighted by Crippen LogP contribution is -2.65. The number of aliphatic hydroxyl groups is 8. The number of hydrogen-bond acceptors (Lipinski definition) is 13. The van der Waals surface area contributed by atoms with Crippen LogP contribution < -0.4 is 5.32 Å². The number of carbonyl (C=O) groups is 1. The van der Waals surface area contributed by atoms with E-state index in [1.807, 2.05) is 6.08 Å². The highest BCUT2D eigenvalue weighted by molar-refractivity contribution is 5.76. The normalized spacial score (nSPS) is 23.6. The molecule has 0 spiro atoms. The second-order valence-electron chi connectivity index (χ2n) is 25.0. The van der Waals surface area contributed by atoms with Gasteiger partial charge in [0.15, 0.2) is 12.6 Å². The molecule has 0 aromatic heterocycles. The van der Waals surface area contributed by atoms with Gasteiger partial charge >= 0.3 is 0 Å². The van der Waals surface area contributed by atoms with Crippen LogP contribution in [0.3, 0.4) is 0 Å². The monoisotopic (exact) mass is 1250 g/mol. The highest BCUT2D eigenvalue weighted by Gasteiger charge is 2.51. The van der Waals surface area contributed by atoms with Crippen LogP contribution in [0.5, 0.6) is 0 Å². The van der Waals surface area contributed by atoms with E-state index >= 15 is 0 Å². The molecule has 9 N–H and O–H groups in total. The van der Waals surface area contributed by atoms with E-state index in [4.69, 9.17) is 18.9 Å². The van der Waals surface area contributed by atoms with Crippen molar-refractivity contribution in [1.29, 1.82) is 0 Å². The second kappa shape index (κ2) is 58.7. The summed E-state index contributed by atoms with van der Waals surface area (Å²) in [5.41, 5.74) is 0. The molecule has 14 nitrogen and oxygen atoms in total. The van der Waals surface area contributed by atoms with E-state index in [0.29, 0.717) is 12.8 Å². The van der Waals surface area contributed by atoms with Crippen LogP contribution >= 0.6 is 0 Å². The number of carbonyl (C=O) groups excluding carboxylic acids is 1. The third-order valence-electron chi connectivity index (χ3n) is 17.0. The van der Waals surface area contributed by atoms with Crippen LogP contribution in [0.2, 0.25) is 0 Å². The Kier molecular flexibility index (Phi) is 54.1. The molecule has 0 saturated carbocycles. The van der Waals surface area contributed by atoms with E-state index in [9.17, 15) is 45.6 Å². The fourth-order valence-corrected chi connectivity index (χ4v) is 11.3. The first-order valence-electron chi connectivity index (χ1n) is 36.0. The summed E-state index contributed by atoms with van der Waals surface area (Å²) < 4.78 is 22.8. The van der Waals surface area contributed by atoms with Crippen molar-refractivity contribution in [2.45, 2.75) is 351 Å². The molecule has 2 heterocycles. The first kappa shape index (κ1) is 82.0. The van der Waals surface area contributed by atoms with Crippen molar-refractivity contribution in [1.82, 2.24) is 5.32 Å². The number of ether oxygens (including phenoxy) is 4. The lowest BCUT2D eigenvalue weighted by molar-refractivity contribution is -0.359. The van der Waals surface area contributed by atoms with Gasteiger partial charge in [0, 0.05) is 6.42 Å². The lowest BCUT2D eigenvalue weighted by atomic mass is 9.97. The van der Waals surface area contributed by atoms with Crippen molar-refractivity contribution in [3.63, 3.8) is 0 Å². The summed E-state index contributed by atoms with van der Waals surface area (Å²) in [6.45, 7) is 2.67. The first-order chi connectivity index (χ1) is 43.6. The molecule has 2 rings (SSSR count). The van der Waals surface area contributed by atoms with Gasteiger partial charge in [-0.1, -0.05) is 278 Å². The molecule has 2 aliphatic heterocycles. The molecule has 12 unspecified atom stereocenters. The van der Waals surface area contributed by atoms with Gasteiger partial charge in [0.25, 0.3) is 0 Å². The molecule has 0 aromatic carbocycles. The van der Waals surface area contributed by atoms with Crippen molar-refractivity contribution in [3.05, 3.63) is 97.2 Å². The molecule has 89 heavy (non-hydrogen) atoms. The molecule has 12 atom stereocenters. The topological polar surface area (TPSA) is 228 Å². The molecule has 2 aliphatic rings. The standard InChI is InChI=1S/C75H131NO13/c1-3-5-7-9-11-13-15-17-19-21-23-25-27-28-29-30-31-32-33-34-35-37-38-40-42-44-46-48-50-52-54-56-58-64(79)63(62-86-74-72(85)70(83)73(66(61-78)88-74)89-75-71(84)69(82)68(81)65(60-77)87-75)76-67(80)59-57-55-53-51-49-47-45-43-41-39-36-26-24-22-20-18-16-14-12-10-8-6-4-2/h6,8,12,14,18,20,24,26,39-42,48,50,56,58,63-66,68-75,77-79,81-85H,3-5,7,9-11,13,15-17,19,21-23,25,27-38,43-47,49,51-55,57,59-62H2,1-2H3,(H,76,80)/b8-6-,14-12-,20-18-,26-24-,41-39-,42-40+,50-48+,58-56+. The SMILES string of the molecule is CC/C=C\C/C=C\C/C=C\C/C=C\C/C=C\CCCCCCCCCC(=O)NC(COC1OC(CO)C(OC2OC(CO)C(O)C(O)C2O)C(O)C1O)C(O)/C=C/CC/C=C/CC/C=C/CCCCCCCCCCCCCCCCCCCCCCCC. The average molecular weight is 1250 g/mol. The highest BCUT2D eigenvalue weighted by atomic mass is 16.7. The minimum absolute atomic E-state index is 0.251. The largest absolute Gasteiger partial charge is 0.394 e. The van der Waals surface area contributed by atoms with Gasteiger partial charge in [0.05, 0.1) is 32.0 Å². The number of nitrogens with one attached hydrogen (secondary N) is 1. The van der Waals surface area contributed by atoms with Crippen LogP contribution in [-0.2, 0) is 23.7 Å². The van der Waals surface area contributed by atoms with Crippen LogP contribution in [0, 0.1) is 0 Å². The minimum atomic E-state index is -1.80. The Hall–Kier alpha value is -3.09. The zero-order valence-electron chi connectivity index (χ0n) is 55.9. The molecule has 2 fully saturated rings. The Bertz CT molecular complexity index is 1860. The maximum atomic E-state index is 13.3. The van der Waals surface area contributed by atoms with Crippen LogP contribution in [0.25, 0.3) is 0 Å². The van der Waals surface area contributed by atoms with E-state index in [1.54, 1.807) is 6.08 Å². The van der Waals surface area contributed by atoms with Gasteiger partial charge in [-0.2, -0.15) is 0 Å². The zero-order chi connectivity index (χ0) is 64.5. The molecular formula is C75H131NO13.